The predicted molar refractivity (Wildman–Crippen MR) is 66.3 cm³/mol. The Kier molecular flexibility index (Phi) is 5.05. The van der Waals surface area contributed by atoms with Gasteiger partial charge in [0.2, 0.25) is 0 Å². The normalized spacial score (nSPS) is 9.12. The van der Waals surface area contributed by atoms with Crippen LogP contribution in [0, 0.1) is 11.8 Å². The zero-order chi connectivity index (χ0) is 12.7. The zero-order valence-corrected chi connectivity index (χ0v) is 10.0. The molecule has 0 saturated carbocycles. The van der Waals surface area contributed by atoms with Crippen molar-refractivity contribution in [2.24, 2.45) is 0 Å². The minimum Gasteiger partial charge on any atom is -0.384 e. The molecule has 0 heterocycles. The highest BCUT2D eigenvalue weighted by Gasteiger charge is 2.06. The number of benzene rings is 1. The molecule has 4 nitrogen and oxygen atoms in total. The number of nitrogens with zero attached hydrogens (tertiary/aromatic N) is 1. The number of carbonyl (C=O) groups is 1. The average molecular weight is 232 g/mol. The van der Waals surface area contributed by atoms with E-state index in [1.54, 1.807) is 19.0 Å². The predicted octanol–water partition coefficient (Wildman–Crippen LogP) is 0.802. The van der Waals surface area contributed by atoms with Crippen molar-refractivity contribution in [2.75, 3.05) is 20.7 Å². The van der Waals surface area contributed by atoms with Gasteiger partial charge in [-0.05, 0) is 17.7 Å². The lowest BCUT2D eigenvalue weighted by atomic mass is 10.1. The topological polar surface area (TPSA) is 52.6 Å². The lowest BCUT2D eigenvalue weighted by Gasteiger charge is -2.16. The fourth-order valence-corrected chi connectivity index (χ4v) is 1.43. The van der Waals surface area contributed by atoms with Crippen molar-refractivity contribution in [3.05, 3.63) is 35.4 Å². The van der Waals surface area contributed by atoms with E-state index in [9.17, 15) is 4.79 Å². The monoisotopic (exact) mass is 232 g/mol. The lowest BCUT2D eigenvalue weighted by Crippen LogP contribution is -2.34. The summed E-state index contributed by atoms with van der Waals surface area (Å²) in [6, 6.07) is 7.46. The summed E-state index contributed by atoms with van der Waals surface area (Å²) in [4.78, 5) is 12.9. The molecular weight excluding hydrogens is 216 g/mol. The molecular formula is C13H16N2O2. The Hall–Kier alpha value is -1.99. The number of aliphatic hydroxyl groups excluding tert-OH is 1. The fraction of sp³-hybridized carbons (Fsp3) is 0.308. The van der Waals surface area contributed by atoms with Crippen molar-refractivity contribution in [1.82, 2.24) is 10.2 Å². The van der Waals surface area contributed by atoms with Crippen LogP contribution in [0.2, 0.25) is 0 Å². The van der Waals surface area contributed by atoms with E-state index in [-0.39, 0.29) is 12.6 Å². The molecule has 0 fully saturated rings. The SMILES string of the molecule is CNC(=O)N(C)Cc1cccc(C#CCO)c1. The third-order valence-electron chi connectivity index (χ3n) is 2.22. The maximum atomic E-state index is 11.3. The van der Waals surface area contributed by atoms with Crippen LogP contribution in [-0.2, 0) is 6.54 Å². The highest BCUT2D eigenvalue weighted by atomic mass is 16.2. The van der Waals surface area contributed by atoms with E-state index >= 15 is 0 Å². The number of amides is 2. The number of urea groups is 1. The summed E-state index contributed by atoms with van der Waals surface area (Å²) in [5.41, 5.74) is 1.84. The van der Waals surface area contributed by atoms with Gasteiger partial charge in [0, 0.05) is 26.2 Å². The summed E-state index contributed by atoms with van der Waals surface area (Å²) in [7, 11) is 3.33. The Balaban J connectivity index is 2.75. The van der Waals surface area contributed by atoms with E-state index in [1.165, 1.54) is 0 Å². The minimum atomic E-state index is -0.150. The van der Waals surface area contributed by atoms with Gasteiger partial charge in [0.15, 0.2) is 0 Å². The Labute approximate surface area is 101 Å². The minimum absolute atomic E-state index is 0.128. The molecule has 0 aliphatic heterocycles. The van der Waals surface area contributed by atoms with Crippen LogP contribution in [0.5, 0.6) is 0 Å². The van der Waals surface area contributed by atoms with E-state index < -0.39 is 0 Å². The van der Waals surface area contributed by atoms with Crippen molar-refractivity contribution in [3.8, 4) is 11.8 Å². The standard InChI is InChI=1S/C13H16N2O2/c1-14-13(17)15(2)10-12-6-3-5-11(9-12)7-4-8-16/h3,5-6,9,16H,8,10H2,1-2H3,(H,14,17). The van der Waals surface area contributed by atoms with Crippen molar-refractivity contribution >= 4 is 6.03 Å². The zero-order valence-electron chi connectivity index (χ0n) is 10.0. The summed E-state index contributed by atoms with van der Waals surface area (Å²) in [5.74, 6) is 5.42. The van der Waals surface area contributed by atoms with Crippen LogP contribution in [0.3, 0.4) is 0 Å². The summed E-state index contributed by atoms with van der Waals surface area (Å²) < 4.78 is 0. The third-order valence-corrected chi connectivity index (χ3v) is 2.22. The second-order valence-electron chi connectivity index (χ2n) is 3.57. The number of hydrogen-bond donors (Lipinski definition) is 2. The first-order valence-corrected chi connectivity index (χ1v) is 5.29. The van der Waals surface area contributed by atoms with Gasteiger partial charge >= 0.3 is 6.03 Å². The van der Waals surface area contributed by atoms with Crippen LogP contribution in [0.15, 0.2) is 24.3 Å². The molecule has 0 saturated heterocycles. The lowest BCUT2D eigenvalue weighted by molar-refractivity contribution is 0.209. The van der Waals surface area contributed by atoms with Crippen molar-refractivity contribution in [2.45, 2.75) is 6.54 Å². The molecule has 2 amide bonds. The highest BCUT2D eigenvalue weighted by Crippen LogP contribution is 2.06. The molecule has 17 heavy (non-hydrogen) atoms. The third kappa shape index (κ3) is 4.17. The number of hydrogen-bond acceptors (Lipinski definition) is 2. The molecule has 0 bridgehead atoms. The molecule has 1 rings (SSSR count). The van der Waals surface area contributed by atoms with Gasteiger partial charge < -0.3 is 15.3 Å². The number of rotatable bonds is 2. The molecule has 0 aromatic heterocycles. The van der Waals surface area contributed by atoms with Gasteiger partial charge in [-0.25, -0.2) is 4.79 Å². The van der Waals surface area contributed by atoms with Gasteiger partial charge in [-0.3, -0.25) is 0 Å². The van der Waals surface area contributed by atoms with Gasteiger partial charge in [-0.15, -0.1) is 0 Å². The van der Waals surface area contributed by atoms with E-state index in [1.807, 2.05) is 24.3 Å². The molecule has 0 aliphatic carbocycles. The summed E-state index contributed by atoms with van der Waals surface area (Å²) in [5, 5.41) is 11.2. The molecule has 0 radical (unpaired) electrons. The number of carbonyl (C=O) groups excluding carboxylic acids is 1. The van der Waals surface area contributed by atoms with Crippen molar-refractivity contribution in [3.63, 3.8) is 0 Å². The summed E-state index contributed by atoms with van der Waals surface area (Å²) in [6.45, 7) is 0.372. The molecule has 4 heteroatoms. The Bertz CT molecular complexity index is 446. The average Bonchev–Trinajstić information content (AvgIpc) is 2.35. The molecule has 0 aliphatic rings. The van der Waals surface area contributed by atoms with Crippen molar-refractivity contribution in [1.29, 1.82) is 0 Å². The van der Waals surface area contributed by atoms with Gasteiger partial charge in [-0.1, -0.05) is 24.0 Å². The molecule has 0 unspecified atom stereocenters. The van der Waals surface area contributed by atoms with Crippen LogP contribution in [0.25, 0.3) is 0 Å². The van der Waals surface area contributed by atoms with Gasteiger partial charge in [0.1, 0.15) is 6.61 Å². The van der Waals surface area contributed by atoms with Gasteiger partial charge in [0.05, 0.1) is 0 Å². The molecule has 2 N–H and O–H groups in total. The highest BCUT2D eigenvalue weighted by molar-refractivity contribution is 5.73. The fourth-order valence-electron chi connectivity index (χ4n) is 1.43. The smallest absolute Gasteiger partial charge is 0.317 e. The quantitative estimate of drug-likeness (QED) is 0.741. The first-order chi connectivity index (χ1) is 8.17. The maximum Gasteiger partial charge on any atom is 0.317 e. The Morgan fingerprint density at radius 3 is 2.94 bits per heavy atom. The van der Waals surface area contributed by atoms with E-state index in [2.05, 4.69) is 17.2 Å². The number of aliphatic hydroxyl groups is 1. The van der Waals surface area contributed by atoms with E-state index in [0.29, 0.717) is 6.54 Å². The molecule has 1 aromatic carbocycles. The van der Waals surface area contributed by atoms with Crippen LogP contribution in [-0.4, -0.2) is 36.7 Å². The second-order valence-corrected chi connectivity index (χ2v) is 3.57. The van der Waals surface area contributed by atoms with Gasteiger partial charge in [0.25, 0.3) is 0 Å². The largest absolute Gasteiger partial charge is 0.384 e. The summed E-state index contributed by atoms with van der Waals surface area (Å²) in [6.07, 6.45) is 0. The molecule has 1 aromatic rings. The Morgan fingerprint density at radius 1 is 1.53 bits per heavy atom. The van der Waals surface area contributed by atoms with Crippen LogP contribution >= 0.6 is 0 Å². The van der Waals surface area contributed by atoms with Crippen LogP contribution < -0.4 is 5.32 Å². The molecule has 90 valence electrons. The second kappa shape index (κ2) is 6.56. The van der Waals surface area contributed by atoms with E-state index in [4.69, 9.17) is 5.11 Å². The Morgan fingerprint density at radius 2 is 2.29 bits per heavy atom. The first-order valence-electron chi connectivity index (χ1n) is 5.29. The van der Waals surface area contributed by atoms with Gasteiger partial charge in [-0.2, -0.15) is 0 Å². The number of nitrogens with one attached hydrogen (secondary N) is 1. The van der Waals surface area contributed by atoms with Crippen molar-refractivity contribution < 1.29 is 9.90 Å². The first kappa shape index (κ1) is 13.1. The molecule has 0 atom stereocenters. The molecule has 0 spiro atoms. The maximum absolute atomic E-state index is 11.3. The van der Waals surface area contributed by atoms with Crippen LogP contribution in [0.4, 0.5) is 4.79 Å². The summed E-state index contributed by atoms with van der Waals surface area (Å²) >= 11 is 0. The van der Waals surface area contributed by atoms with Crippen LogP contribution in [0.1, 0.15) is 11.1 Å². The van der Waals surface area contributed by atoms with E-state index in [0.717, 1.165) is 11.1 Å².